The van der Waals surface area contributed by atoms with Gasteiger partial charge in [-0.05, 0) is 30.3 Å². The van der Waals surface area contributed by atoms with Crippen LogP contribution in [0.2, 0.25) is 0 Å². The minimum atomic E-state index is -4.73. The lowest BCUT2D eigenvalue weighted by Crippen LogP contribution is -2.29. The van der Waals surface area contributed by atoms with Gasteiger partial charge in [-0.1, -0.05) is 0 Å². The first kappa shape index (κ1) is 19.3. The van der Waals surface area contributed by atoms with Gasteiger partial charge in [-0.3, -0.25) is 25.8 Å². The Balaban J connectivity index is 1.76. The number of fused-ring (bicyclic) bond motifs is 1. The Bertz CT molecular complexity index is 917. The number of hydrogen-bond acceptors (Lipinski definition) is 6. The number of ether oxygens (including phenoxy) is 2. The smallest absolute Gasteiger partial charge is 0.416 e. The lowest BCUT2D eigenvalue weighted by Gasteiger charge is -2.12. The Hall–Kier alpha value is -3.50. The van der Waals surface area contributed by atoms with Gasteiger partial charge in [-0.15, -0.1) is 0 Å². The van der Waals surface area contributed by atoms with Gasteiger partial charge in [0.25, 0.3) is 11.6 Å². The number of benzene rings is 2. The summed E-state index contributed by atoms with van der Waals surface area (Å²) in [4.78, 5) is 22.4. The molecule has 2 aromatic carbocycles. The van der Waals surface area contributed by atoms with Crippen LogP contribution in [-0.2, 0) is 6.18 Å². The van der Waals surface area contributed by atoms with E-state index in [4.69, 9.17) is 9.47 Å². The highest BCUT2D eigenvalue weighted by molar-refractivity contribution is 5.95. The van der Waals surface area contributed by atoms with E-state index < -0.39 is 28.3 Å². The molecule has 0 atom stereocenters. The molecule has 0 fully saturated rings. The van der Waals surface area contributed by atoms with Crippen molar-refractivity contribution in [2.75, 3.05) is 18.6 Å². The summed E-state index contributed by atoms with van der Waals surface area (Å²) in [7, 11) is 0. The molecule has 0 radical (unpaired) electrons. The molecule has 1 aliphatic heterocycles. The van der Waals surface area contributed by atoms with Crippen molar-refractivity contribution in [3.05, 3.63) is 57.6 Å². The van der Waals surface area contributed by atoms with Crippen LogP contribution in [-0.4, -0.2) is 24.0 Å². The second-order valence-corrected chi connectivity index (χ2v) is 5.78. The average molecular weight is 397 g/mol. The number of nitrogens with one attached hydrogen (secondary N) is 2. The number of hydrogen-bond donors (Lipinski definition) is 2. The molecule has 0 unspecified atom stereocenters. The third-order valence-corrected chi connectivity index (χ3v) is 3.84. The third-order valence-electron chi connectivity index (χ3n) is 3.84. The number of halogens is 3. The summed E-state index contributed by atoms with van der Waals surface area (Å²) >= 11 is 0. The molecular formula is C17H14F3N3O5. The quantitative estimate of drug-likeness (QED) is 0.604. The zero-order valence-corrected chi connectivity index (χ0v) is 14.2. The number of nitrogens with zero attached hydrogens (tertiary/aromatic N) is 1. The molecule has 148 valence electrons. The monoisotopic (exact) mass is 397 g/mol. The average Bonchev–Trinajstić information content (AvgIpc) is 2.89. The van der Waals surface area contributed by atoms with Crippen molar-refractivity contribution in [3.8, 4) is 11.5 Å². The zero-order chi connectivity index (χ0) is 20.3. The molecule has 2 aromatic rings. The van der Waals surface area contributed by atoms with Gasteiger partial charge in [-0.2, -0.15) is 13.2 Å². The van der Waals surface area contributed by atoms with Crippen molar-refractivity contribution < 1.29 is 32.4 Å². The Kier molecular flexibility index (Phi) is 5.25. The lowest BCUT2D eigenvalue weighted by atomic mass is 10.1. The minimum Gasteiger partial charge on any atom is -0.490 e. The standard InChI is InChI=1S/C17H14F3N3O5/c18-17(19,20)11-3-4-12(13(9-11)23(25)26)21-22-16(24)10-2-5-14-15(8-10)28-7-1-6-27-14/h2-5,8-9,21H,1,6-7H2,(H,22,24). The van der Waals surface area contributed by atoms with Crippen LogP contribution in [0.3, 0.4) is 0 Å². The fraction of sp³-hybridized carbons (Fsp3) is 0.235. The second-order valence-electron chi connectivity index (χ2n) is 5.78. The number of hydrazine groups is 1. The number of amides is 1. The van der Waals surface area contributed by atoms with Gasteiger partial charge in [0.1, 0.15) is 5.69 Å². The van der Waals surface area contributed by atoms with Crippen LogP contribution in [0.15, 0.2) is 36.4 Å². The molecule has 1 aliphatic rings. The molecular weight excluding hydrogens is 383 g/mol. The van der Waals surface area contributed by atoms with E-state index in [0.717, 1.165) is 6.07 Å². The maximum absolute atomic E-state index is 12.7. The minimum absolute atomic E-state index is 0.173. The fourth-order valence-corrected chi connectivity index (χ4v) is 2.47. The van der Waals surface area contributed by atoms with Gasteiger partial charge in [0.15, 0.2) is 11.5 Å². The summed E-state index contributed by atoms with van der Waals surface area (Å²) in [6.07, 6.45) is -4.04. The predicted octanol–water partition coefficient (Wildman–Crippen LogP) is 3.53. The topological polar surface area (TPSA) is 103 Å². The number of rotatable bonds is 4. The number of nitro groups is 1. The summed E-state index contributed by atoms with van der Waals surface area (Å²) in [5.74, 6) is 0.205. The predicted molar refractivity (Wildman–Crippen MR) is 91.2 cm³/mol. The van der Waals surface area contributed by atoms with E-state index >= 15 is 0 Å². The number of nitro benzene ring substituents is 1. The zero-order valence-electron chi connectivity index (χ0n) is 14.2. The van der Waals surface area contributed by atoms with Crippen molar-refractivity contribution in [2.24, 2.45) is 0 Å². The third kappa shape index (κ3) is 4.24. The molecule has 0 aliphatic carbocycles. The van der Waals surface area contributed by atoms with Gasteiger partial charge >= 0.3 is 6.18 Å². The Morgan fingerprint density at radius 3 is 2.46 bits per heavy atom. The highest BCUT2D eigenvalue weighted by Crippen LogP contribution is 2.35. The number of carbonyl (C=O) groups excluding carboxylic acids is 1. The number of carbonyl (C=O) groups is 1. The molecule has 0 spiro atoms. The maximum atomic E-state index is 12.7. The summed E-state index contributed by atoms with van der Waals surface area (Å²) in [6, 6.07) is 6.40. The molecule has 1 heterocycles. The molecule has 2 N–H and O–H groups in total. The summed E-state index contributed by atoms with van der Waals surface area (Å²) < 4.78 is 49.1. The van der Waals surface area contributed by atoms with Gasteiger partial charge in [0, 0.05) is 18.1 Å². The van der Waals surface area contributed by atoms with Crippen LogP contribution in [0.25, 0.3) is 0 Å². The number of anilines is 1. The van der Waals surface area contributed by atoms with E-state index in [0.29, 0.717) is 43.3 Å². The van der Waals surface area contributed by atoms with Crippen LogP contribution in [0.5, 0.6) is 11.5 Å². The normalized spacial score (nSPS) is 13.4. The summed E-state index contributed by atoms with van der Waals surface area (Å²) in [5, 5.41) is 11.1. The van der Waals surface area contributed by atoms with Crippen LogP contribution in [0.1, 0.15) is 22.3 Å². The highest BCUT2D eigenvalue weighted by atomic mass is 19.4. The second kappa shape index (κ2) is 7.62. The van der Waals surface area contributed by atoms with E-state index in [9.17, 15) is 28.1 Å². The first-order valence-electron chi connectivity index (χ1n) is 8.07. The molecule has 0 aromatic heterocycles. The summed E-state index contributed by atoms with van der Waals surface area (Å²) in [6.45, 7) is 0.908. The highest BCUT2D eigenvalue weighted by Gasteiger charge is 2.33. The van der Waals surface area contributed by atoms with Gasteiger partial charge in [0.2, 0.25) is 0 Å². The molecule has 0 bridgehead atoms. The first-order valence-corrected chi connectivity index (χ1v) is 8.07. The molecule has 0 saturated carbocycles. The van der Waals surface area contributed by atoms with Crippen molar-refractivity contribution in [3.63, 3.8) is 0 Å². The van der Waals surface area contributed by atoms with Crippen LogP contribution < -0.4 is 20.3 Å². The van der Waals surface area contributed by atoms with E-state index in [1.54, 1.807) is 6.07 Å². The van der Waals surface area contributed by atoms with E-state index in [-0.39, 0.29) is 11.3 Å². The fourth-order valence-electron chi connectivity index (χ4n) is 2.47. The van der Waals surface area contributed by atoms with Crippen molar-refractivity contribution in [2.45, 2.75) is 12.6 Å². The molecule has 11 heteroatoms. The Labute approximate surface area is 156 Å². The van der Waals surface area contributed by atoms with Crippen LogP contribution >= 0.6 is 0 Å². The van der Waals surface area contributed by atoms with Gasteiger partial charge < -0.3 is 9.47 Å². The van der Waals surface area contributed by atoms with Crippen molar-refractivity contribution in [1.82, 2.24) is 5.43 Å². The SMILES string of the molecule is O=C(NNc1ccc(C(F)(F)F)cc1[N+](=O)[O-])c1ccc2c(c1)OCCCO2. The maximum Gasteiger partial charge on any atom is 0.416 e. The molecule has 0 saturated heterocycles. The van der Waals surface area contributed by atoms with Gasteiger partial charge in [0.05, 0.1) is 23.7 Å². The van der Waals surface area contributed by atoms with E-state index in [2.05, 4.69) is 10.9 Å². The lowest BCUT2D eigenvalue weighted by molar-refractivity contribution is -0.384. The largest absolute Gasteiger partial charge is 0.490 e. The van der Waals surface area contributed by atoms with Crippen molar-refractivity contribution >= 4 is 17.3 Å². The van der Waals surface area contributed by atoms with Crippen LogP contribution in [0, 0.1) is 10.1 Å². The molecule has 3 rings (SSSR count). The van der Waals surface area contributed by atoms with Gasteiger partial charge in [-0.25, -0.2) is 0 Å². The molecule has 28 heavy (non-hydrogen) atoms. The van der Waals surface area contributed by atoms with E-state index in [1.165, 1.54) is 12.1 Å². The summed E-state index contributed by atoms with van der Waals surface area (Å²) in [5.41, 5.74) is 2.39. The Morgan fingerprint density at radius 2 is 1.79 bits per heavy atom. The first-order chi connectivity index (χ1) is 13.3. The molecule has 1 amide bonds. The van der Waals surface area contributed by atoms with Crippen molar-refractivity contribution in [1.29, 1.82) is 0 Å². The van der Waals surface area contributed by atoms with E-state index in [1.807, 2.05) is 0 Å². The molecule has 8 nitrogen and oxygen atoms in total. The number of alkyl halides is 3. The van der Waals surface area contributed by atoms with Crippen LogP contribution in [0.4, 0.5) is 24.5 Å². The Morgan fingerprint density at radius 1 is 1.07 bits per heavy atom.